The lowest BCUT2D eigenvalue weighted by Gasteiger charge is -2.16. The Morgan fingerprint density at radius 3 is 2.53 bits per heavy atom. The van der Waals surface area contributed by atoms with Crippen LogP contribution in [0, 0.1) is 0 Å². The van der Waals surface area contributed by atoms with Crippen LogP contribution < -0.4 is 15.2 Å². The highest BCUT2D eigenvalue weighted by Crippen LogP contribution is 2.25. The molecular formula is C15H24N2O2. The van der Waals surface area contributed by atoms with Crippen LogP contribution in [0.3, 0.4) is 0 Å². The molecule has 1 heterocycles. The number of hydrogen-bond acceptors (Lipinski definition) is 4. The van der Waals surface area contributed by atoms with Gasteiger partial charge in [0.2, 0.25) is 0 Å². The lowest BCUT2D eigenvalue weighted by Crippen LogP contribution is -2.25. The maximum absolute atomic E-state index is 5.86. The third-order valence-electron chi connectivity index (χ3n) is 3.15. The van der Waals surface area contributed by atoms with Gasteiger partial charge in [-0.2, -0.15) is 0 Å². The van der Waals surface area contributed by atoms with Crippen molar-refractivity contribution in [1.82, 2.24) is 4.90 Å². The molecule has 1 aromatic carbocycles. The van der Waals surface area contributed by atoms with Gasteiger partial charge in [-0.05, 0) is 39.8 Å². The van der Waals surface area contributed by atoms with Crippen LogP contribution in [-0.2, 0) is 0 Å². The molecule has 0 amide bonds. The zero-order chi connectivity index (χ0) is 13.7. The number of likely N-dealkylation sites (tertiary alicyclic amines) is 1. The van der Waals surface area contributed by atoms with Crippen molar-refractivity contribution < 1.29 is 9.47 Å². The van der Waals surface area contributed by atoms with E-state index in [0.29, 0.717) is 12.3 Å². The fraction of sp³-hybridized carbons (Fsp3) is 0.600. The molecular weight excluding hydrogens is 240 g/mol. The molecule has 0 aliphatic carbocycles. The Balaban J connectivity index is 1.86. The van der Waals surface area contributed by atoms with Gasteiger partial charge in [0.1, 0.15) is 18.1 Å². The van der Waals surface area contributed by atoms with E-state index in [1.54, 1.807) is 0 Å². The van der Waals surface area contributed by atoms with Gasteiger partial charge in [0.25, 0.3) is 0 Å². The minimum atomic E-state index is 0.138. The van der Waals surface area contributed by atoms with Gasteiger partial charge in [0.05, 0.1) is 6.10 Å². The van der Waals surface area contributed by atoms with Gasteiger partial charge < -0.3 is 15.2 Å². The highest BCUT2D eigenvalue weighted by molar-refractivity contribution is 5.50. The van der Waals surface area contributed by atoms with Crippen LogP contribution in [0.2, 0.25) is 0 Å². The van der Waals surface area contributed by atoms with Crippen molar-refractivity contribution in [2.75, 3.05) is 32.0 Å². The molecule has 2 rings (SSSR count). The van der Waals surface area contributed by atoms with Crippen LogP contribution in [0.1, 0.15) is 26.7 Å². The second-order valence-electron chi connectivity index (χ2n) is 5.30. The summed E-state index contributed by atoms with van der Waals surface area (Å²) >= 11 is 0. The van der Waals surface area contributed by atoms with Gasteiger partial charge in [0, 0.05) is 30.4 Å². The lowest BCUT2D eigenvalue weighted by molar-refractivity contribution is 0.229. The van der Waals surface area contributed by atoms with Crippen LogP contribution in [0.5, 0.6) is 11.5 Å². The number of ether oxygens (including phenoxy) is 2. The number of hydrogen-bond donors (Lipinski definition) is 1. The van der Waals surface area contributed by atoms with Gasteiger partial charge in [0.15, 0.2) is 0 Å². The molecule has 1 fully saturated rings. The van der Waals surface area contributed by atoms with Gasteiger partial charge in [-0.3, -0.25) is 4.90 Å². The van der Waals surface area contributed by atoms with E-state index in [4.69, 9.17) is 15.2 Å². The van der Waals surface area contributed by atoms with E-state index in [2.05, 4.69) is 4.90 Å². The molecule has 0 saturated carbocycles. The first kappa shape index (κ1) is 14.0. The molecule has 1 aliphatic rings. The molecule has 1 aromatic rings. The second-order valence-corrected chi connectivity index (χ2v) is 5.30. The topological polar surface area (TPSA) is 47.7 Å². The van der Waals surface area contributed by atoms with E-state index in [0.717, 1.165) is 18.0 Å². The molecule has 0 bridgehead atoms. The summed E-state index contributed by atoms with van der Waals surface area (Å²) in [5.74, 6) is 1.56. The van der Waals surface area contributed by atoms with E-state index in [9.17, 15) is 0 Å². The molecule has 0 unspecified atom stereocenters. The molecule has 0 radical (unpaired) electrons. The van der Waals surface area contributed by atoms with E-state index < -0.39 is 0 Å². The minimum absolute atomic E-state index is 0.138. The summed E-state index contributed by atoms with van der Waals surface area (Å²) < 4.78 is 11.4. The van der Waals surface area contributed by atoms with Gasteiger partial charge in [-0.25, -0.2) is 0 Å². The highest BCUT2D eigenvalue weighted by atomic mass is 16.5. The predicted octanol–water partition coefficient (Wildman–Crippen LogP) is 2.53. The minimum Gasteiger partial charge on any atom is -0.492 e. The molecule has 4 nitrogen and oxygen atoms in total. The van der Waals surface area contributed by atoms with Gasteiger partial charge in [-0.15, -0.1) is 0 Å². The van der Waals surface area contributed by atoms with Crippen molar-refractivity contribution in [2.45, 2.75) is 32.8 Å². The molecule has 19 heavy (non-hydrogen) atoms. The number of anilines is 1. The van der Waals surface area contributed by atoms with Crippen molar-refractivity contribution in [3.63, 3.8) is 0 Å². The monoisotopic (exact) mass is 264 g/mol. The summed E-state index contributed by atoms with van der Waals surface area (Å²) in [7, 11) is 0. The Labute approximate surface area is 115 Å². The zero-order valence-corrected chi connectivity index (χ0v) is 11.9. The summed E-state index contributed by atoms with van der Waals surface area (Å²) in [6.07, 6.45) is 2.76. The summed E-state index contributed by atoms with van der Waals surface area (Å²) in [5, 5.41) is 0. The molecule has 106 valence electrons. The quantitative estimate of drug-likeness (QED) is 0.802. The van der Waals surface area contributed by atoms with Crippen LogP contribution in [0.4, 0.5) is 5.69 Å². The average Bonchev–Trinajstić information content (AvgIpc) is 2.80. The Morgan fingerprint density at radius 2 is 1.84 bits per heavy atom. The fourth-order valence-corrected chi connectivity index (χ4v) is 2.32. The number of nitrogen functional groups attached to an aromatic ring is 1. The second kappa shape index (κ2) is 6.66. The number of nitrogens with zero attached hydrogens (tertiary/aromatic N) is 1. The van der Waals surface area contributed by atoms with Crippen molar-refractivity contribution in [1.29, 1.82) is 0 Å². The molecule has 0 spiro atoms. The van der Waals surface area contributed by atoms with E-state index in [-0.39, 0.29) is 6.10 Å². The van der Waals surface area contributed by atoms with Crippen molar-refractivity contribution in [3.05, 3.63) is 18.2 Å². The van der Waals surface area contributed by atoms with E-state index in [1.165, 1.54) is 25.9 Å². The Kier molecular flexibility index (Phi) is 4.91. The van der Waals surface area contributed by atoms with Crippen LogP contribution >= 0.6 is 0 Å². The average molecular weight is 264 g/mol. The number of nitrogens with two attached hydrogens (primary N) is 1. The molecule has 4 heteroatoms. The third-order valence-corrected chi connectivity index (χ3v) is 3.15. The largest absolute Gasteiger partial charge is 0.492 e. The molecule has 0 aromatic heterocycles. The van der Waals surface area contributed by atoms with Crippen molar-refractivity contribution >= 4 is 5.69 Å². The predicted molar refractivity (Wildman–Crippen MR) is 77.8 cm³/mol. The van der Waals surface area contributed by atoms with Crippen molar-refractivity contribution in [2.24, 2.45) is 0 Å². The van der Waals surface area contributed by atoms with Crippen LogP contribution in [-0.4, -0.2) is 37.2 Å². The van der Waals surface area contributed by atoms with Gasteiger partial charge in [-0.1, -0.05) is 0 Å². The number of rotatable bonds is 6. The Morgan fingerprint density at radius 1 is 1.16 bits per heavy atom. The third kappa shape index (κ3) is 4.63. The molecule has 0 atom stereocenters. The maximum Gasteiger partial charge on any atom is 0.125 e. The van der Waals surface area contributed by atoms with Gasteiger partial charge >= 0.3 is 0 Å². The van der Waals surface area contributed by atoms with E-state index >= 15 is 0 Å². The fourth-order valence-electron chi connectivity index (χ4n) is 2.32. The first-order valence-electron chi connectivity index (χ1n) is 7.06. The highest BCUT2D eigenvalue weighted by Gasteiger charge is 2.11. The summed E-state index contributed by atoms with van der Waals surface area (Å²) in [5.41, 5.74) is 6.53. The van der Waals surface area contributed by atoms with E-state index in [1.807, 2.05) is 32.0 Å². The maximum atomic E-state index is 5.86. The smallest absolute Gasteiger partial charge is 0.125 e. The Hall–Kier alpha value is -1.42. The molecule has 1 aliphatic heterocycles. The summed E-state index contributed by atoms with van der Waals surface area (Å²) in [6, 6.07) is 5.57. The standard InChI is InChI=1S/C15H24N2O2/c1-12(2)19-15-10-13(16)9-14(11-15)18-8-7-17-5-3-4-6-17/h9-12H,3-8,16H2,1-2H3. The molecule has 1 saturated heterocycles. The SMILES string of the molecule is CC(C)Oc1cc(N)cc(OCCN2CCCC2)c1. The zero-order valence-electron chi connectivity index (χ0n) is 11.9. The van der Waals surface area contributed by atoms with Crippen LogP contribution in [0.15, 0.2) is 18.2 Å². The first-order valence-corrected chi connectivity index (χ1v) is 7.06. The summed E-state index contributed by atoms with van der Waals surface area (Å²) in [4.78, 5) is 2.43. The van der Waals surface area contributed by atoms with Crippen LogP contribution in [0.25, 0.3) is 0 Å². The van der Waals surface area contributed by atoms with Crippen molar-refractivity contribution in [3.8, 4) is 11.5 Å². The Bertz CT molecular complexity index is 401. The summed E-state index contributed by atoms with van der Waals surface area (Å²) in [6.45, 7) is 8.07. The number of benzene rings is 1. The normalized spacial score (nSPS) is 15.9. The molecule has 2 N–H and O–H groups in total. The lowest BCUT2D eigenvalue weighted by atomic mass is 10.3. The first-order chi connectivity index (χ1) is 9.13.